The van der Waals surface area contributed by atoms with Crippen LogP contribution in [0, 0.1) is 11.6 Å². The molecule has 0 nitrogen and oxygen atoms in total. The zero-order chi connectivity index (χ0) is 10.0. The van der Waals surface area contributed by atoms with Crippen molar-refractivity contribution in [3.05, 3.63) is 23.8 Å². The van der Waals surface area contributed by atoms with Crippen LogP contribution in [-0.4, -0.2) is 13.1 Å². The second-order valence-corrected chi connectivity index (χ2v) is 4.57. The quantitative estimate of drug-likeness (QED) is 0.518. The van der Waals surface area contributed by atoms with Gasteiger partial charge in [0.1, 0.15) is 11.6 Å². The maximum Gasteiger partial charge on any atom is 0.136 e. The van der Waals surface area contributed by atoms with Gasteiger partial charge in [-0.25, -0.2) is 8.78 Å². The average molecular weight is 198 g/mol. The van der Waals surface area contributed by atoms with Gasteiger partial charge >= 0.3 is 0 Å². The van der Waals surface area contributed by atoms with E-state index in [0.717, 1.165) is 23.9 Å². The summed E-state index contributed by atoms with van der Waals surface area (Å²) in [6.07, 6.45) is 0. The van der Waals surface area contributed by atoms with Crippen LogP contribution in [0.3, 0.4) is 0 Å². The first-order valence-corrected chi connectivity index (χ1v) is 4.80. The molecule has 0 N–H and O–H groups in total. The molecule has 0 saturated heterocycles. The highest BCUT2D eigenvalue weighted by molar-refractivity contribution is 7.99. The molecule has 1 aromatic rings. The van der Waals surface area contributed by atoms with Crippen LogP contribution in [0.5, 0.6) is 0 Å². The highest BCUT2D eigenvalue weighted by Crippen LogP contribution is 2.27. The zero-order valence-electron chi connectivity index (χ0n) is 7.47. The molecule has 1 rings (SSSR count). The van der Waals surface area contributed by atoms with Crippen LogP contribution >= 0.6 is 11.8 Å². The van der Waals surface area contributed by atoms with E-state index in [0.29, 0.717) is 0 Å². The molecule has 0 atom stereocenters. The maximum absolute atomic E-state index is 13.1. The Bertz CT molecular complexity index is 289. The van der Waals surface area contributed by atoms with Crippen molar-refractivity contribution in [1.82, 2.24) is 0 Å². The lowest BCUT2D eigenvalue weighted by atomic mass is 9.96. The molecule has 0 aliphatic carbocycles. The highest BCUT2D eigenvalue weighted by atomic mass is 32.2. The first-order chi connectivity index (χ1) is 6.00. The molecular weight excluding hydrogens is 189 g/mol. The molecule has 0 heterocycles. The summed E-state index contributed by atoms with van der Waals surface area (Å²) in [5.41, 5.74) is 0.114. The highest BCUT2D eigenvalue weighted by Gasteiger charge is 2.09. The lowest BCUT2D eigenvalue weighted by Crippen LogP contribution is -2.06. The van der Waals surface area contributed by atoms with E-state index >= 15 is 0 Å². The van der Waals surface area contributed by atoms with Gasteiger partial charge in [0.05, 0.1) is 4.90 Å². The normalized spacial score (nSPS) is 10.9. The Hall–Kier alpha value is -0.505. The van der Waals surface area contributed by atoms with Crippen molar-refractivity contribution in [2.45, 2.75) is 24.0 Å². The van der Waals surface area contributed by atoms with Crippen LogP contribution < -0.4 is 5.46 Å². The van der Waals surface area contributed by atoms with Crippen molar-refractivity contribution in [3.63, 3.8) is 0 Å². The van der Waals surface area contributed by atoms with E-state index in [1.165, 1.54) is 0 Å². The van der Waals surface area contributed by atoms with E-state index in [-0.39, 0.29) is 15.6 Å². The summed E-state index contributed by atoms with van der Waals surface area (Å²) in [5, 5.41) is 0.146. The van der Waals surface area contributed by atoms with Crippen LogP contribution in [0.1, 0.15) is 13.8 Å². The van der Waals surface area contributed by atoms with Crippen molar-refractivity contribution in [1.29, 1.82) is 0 Å². The Morgan fingerprint density at radius 1 is 1.23 bits per heavy atom. The van der Waals surface area contributed by atoms with Crippen molar-refractivity contribution < 1.29 is 8.78 Å². The zero-order valence-corrected chi connectivity index (χ0v) is 8.29. The topological polar surface area (TPSA) is 0 Å². The second kappa shape index (κ2) is 4.14. The number of benzene rings is 1. The van der Waals surface area contributed by atoms with Crippen molar-refractivity contribution in [2.24, 2.45) is 0 Å². The van der Waals surface area contributed by atoms with Gasteiger partial charge in [-0.2, -0.15) is 0 Å². The molecule has 0 aromatic heterocycles. The molecule has 0 aliphatic rings. The Labute approximate surface area is 82.1 Å². The Morgan fingerprint density at radius 3 is 2.08 bits per heavy atom. The third-order valence-electron chi connectivity index (χ3n) is 1.37. The third kappa shape index (κ3) is 2.73. The Morgan fingerprint density at radius 2 is 1.69 bits per heavy atom. The lowest BCUT2D eigenvalue weighted by molar-refractivity contribution is 0.542. The van der Waals surface area contributed by atoms with Crippen LogP contribution in [0.2, 0.25) is 0 Å². The first kappa shape index (κ1) is 10.6. The van der Waals surface area contributed by atoms with Crippen LogP contribution in [0.15, 0.2) is 17.0 Å². The second-order valence-electron chi connectivity index (χ2n) is 2.98. The molecule has 0 spiro atoms. The van der Waals surface area contributed by atoms with Crippen LogP contribution in [-0.2, 0) is 0 Å². The summed E-state index contributed by atoms with van der Waals surface area (Å²) in [6, 6.07) is 2.27. The molecular formula is C9H9BF2S-. The third-order valence-corrected chi connectivity index (χ3v) is 2.47. The van der Waals surface area contributed by atoms with Gasteiger partial charge < -0.3 is 13.3 Å². The number of hydrogen-bond donors (Lipinski definition) is 0. The molecule has 1 aromatic carbocycles. The fourth-order valence-electron chi connectivity index (χ4n) is 0.928. The van der Waals surface area contributed by atoms with Gasteiger partial charge in [-0.1, -0.05) is 26.0 Å². The van der Waals surface area contributed by atoms with Crippen molar-refractivity contribution >= 4 is 25.1 Å². The number of rotatable bonds is 2. The largest absolute Gasteiger partial charge is 0.580 e. The van der Waals surface area contributed by atoms with Crippen LogP contribution in [0.4, 0.5) is 8.78 Å². The number of hydrogen-bond acceptors (Lipinski definition) is 1. The van der Waals surface area contributed by atoms with E-state index in [1.54, 1.807) is 0 Å². The van der Waals surface area contributed by atoms with E-state index in [4.69, 9.17) is 7.85 Å². The first-order valence-electron chi connectivity index (χ1n) is 3.92. The minimum absolute atomic E-state index is 0.0456. The summed E-state index contributed by atoms with van der Waals surface area (Å²) in [4.78, 5) is 0.0456. The summed E-state index contributed by atoms with van der Waals surface area (Å²) in [6.45, 7) is 3.75. The predicted molar refractivity (Wildman–Crippen MR) is 52.7 cm³/mol. The molecule has 0 unspecified atom stereocenters. The number of halogens is 2. The Balaban J connectivity index is 3.06. The van der Waals surface area contributed by atoms with Gasteiger partial charge in [0, 0.05) is 5.25 Å². The molecule has 0 bridgehead atoms. The predicted octanol–water partition coefficient (Wildman–Crippen LogP) is 2.26. The minimum Gasteiger partial charge on any atom is -0.580 e. The average Bonchev–Trinajstić information content (AvgIpc) is 1.96. The standard InChI is InChI=1S/C9H9BF2S/c1-5(2)13-9-7(11)3-6(10)4-8(9)12/h3-5H,1-2H3/q-1. The molecule has 13 heavy (non-hydrogen) atoms. The molecule has 4 heteroatoms. The molecule has 0 amide bonds. The van der Waals surface area contributed by atoms with E-state index in [1.807, 2.05) is 13.8 Å². The molecule has 69 valence electrons. The summed E-state index contributed by atoms with van der Waals surface area (Å²) in [5.74, 6) is -1.17. The molecule has 0 saturated carbocycles. The number of thioether (sulfide) groups is 1. The van der Waals surface area contributed by atoms with Gasteiger partial charge in [-0.15, -0.1) is 11.8 Å². The van der Waals surface area contributed by atoms with Crippen LogP contribution in [0.25, 0.3) is 0 Å². The van der Waals surface area contributed by atoms with Gasteiger partial charge in [-0.05, 0) is 0 Å². The smallest absolute Gasteiger partial charge is 0.136 e. The fourth-order valence-corrected chi connectivity index (χ4v) is 1.74. The van der Waals surface area contributed by atoms with Crippen molar-refractivity contribution in [2.75, 3.05) is 0 Å². The van der Waals surface area contributed by atoms with Gasteiger partial charge in [0.15, 0.2) is 0 Å². The van der Waals surface area contributed by atoms with E-state index in [9.17, 15) is 8.78 Å². The fraction of sp³-hybridized carbons (Fsp3) is 0.333. The molecule has 0 fully saturated rings. The van der Waals surface area contributed by atoms with Crippen molar-refractivity contribution in [3.8, 4) is 0 Å². The van der Waals surface area contributed by atoms with E-state index < -0.39 is 11.6 Å². The minimum atomic E-state index is -0.587. The Kier molecular flexibility index (Phi) is 3.36. The summed E-state index contributed by atoms with van der Waals surface area (Å²) >= 11 is 1.15. The lowest BCUT2D eigenvalue weighted by Gasteiger charge is -2.12. The SMILES string of the molecule is [B-]c1cc(F)c(SC(C)C)c(F)c1. The molecule has 3 radical (unpaired) electrons. The van der Waals surface area contributed by atoms with E-state index in [2.05, 4.69) is 0 Å². The monoisotopic (exact) mass is 198 g/mol. The van der Waals surface area contributed by atoms with Gasteiger partial charge in [0.2, 0.25) is 0 Å². The summed E-state index contributed by atoms with van der Waals surface area (Å²) < 4.78 is 26.3. The van der Waals surface area contributed by atoms with Gasteiger partial charge in [-0.3, -0.25) is 0 Å². The van der Waals surface area contributed by atoms with Gasteiger partial charge in [0.25, 0.3) is 0 Å². The summed E-state index contributed by atoms with van der Waals surface area (Å²) in [7, 11) is 5.27. The molecule has 0 aliphatic heterocycles. The maximum atomic E-state index is 13.1.